The van der Waals surface area contributed by atoms with E-state index in [-0.39, 0.29) is 0 Å². The lowest BCUT2D eigenvalue weighted by atomic mass is 10.1. The Labute approximate surface area is 128 Å². The first-order valence-corrected chi connectivity index (χ1v) is 6.76. The molecule has 2 unspecified atom stereocenters. The van der Waals surface area contributed by atoms with Gasteiger partial charge in [-0.05, 0) is 37.6 Å². The minimum absolute atomic E-state index is 0.299. The molecule has 0 saturated carbocycles. The maximum Gasteiger partial charge on any atom is 0.268 e. The summed E-state index contributed by atoms with van der Waals surface area (Å²) in [5.41, 5.74) is 1.70. The number of hydrogen-bond acceptors (Lipinski definition) is 5. The summed E-state index contributed by atoms with van der Waals surface area (Å²) < 4.78 is 5.42. The lowest BCUT2D eigenvalue weighted by molar-refractivity contribution is -0.133. The molecular weight excluding hydrogens is 288 g/mol. The second kappa shape index (κ2) is 8.81. The van der Waals surface area contributed by atoms with Crippen molar-refractivity contribution >= 4 is 11.8 Å². The van der Waals surface area contributed by atoms with E-state index < -0.39 is 24.0 Å². The number of hydrogen-bond donors (Lipinski definition) is 4. The number of aliphatic hydroxyl groups is 1. The van der Waals surface area contributed by atoms with Crippen LogP contribution in [0.5, 0.6) is 5.75 Å². The third kappa shape index (κ3) is 5.19. The van der Waals surface area contributed by atoms with Crippen LogP contribution in [0.1, 0.15) is 23.7 Å². The number of aliphatic hydroxyl groups excluding tert-OH is 1. The first-order valence-electron chi connectivity index (χ1n) is 6.76. The van der Waals surface area contributed by atoms with E-state index in [1.807, 2.05) is 0 Å². The molecule has 22 heavy (non-hydrogen) atoms. The minimum atomic E-state index is -1.25. The van der Waals surface area contributed by atoms with Crippen molar-refractivity contribution in [3.8, 4) is 5.75 Å². The Balaban J connectivity index is 2.68. The molecule has 7 heteroatoms. The van der Waals surface area contributed by atoms with Gasteiger partial charge in [0.2, 0.25) is 0 Å². The van der Waals surface area contributed by atoms with Crippen molar-refractivity contribution in [1.29, 1.82) is 0 Å². The van der Waals surface area contributed by atoms with Gasteiger partial charge in [-0.25, -0.2) is 5.48 Å². The summed E-state index contributed by atoms with van der Waals surface area (Å²) in [6, 6.07) is 5.08. The number of ether oxygens (including phenoxy) is 1. The average Bonchev–Trinajstić information content (AvgIpc) is 2.52. The highest BCUT2D eigenvalue weighted by atomic mass is 16.5. The zero-order valence-electron chi connectivity index (χ0n) is 12.3. The summed E-state index contributed by atoms with van der Waals surface area (Å²) in [7, 11) is 0. The van der Waals surface area contributed by atoms with Crippen molar-refractivity contribution in [2.75, 3.05) is 6.61 Å². The molecule has 4 N–H and O–H groups in total. The molecule has 0 aliphatic heterocycles. The van der Waals surface area contributed by atoms with Crippen molar-refractivity contribution in [2.45, 2.75) is 25.5 Å². The third-order valence-corrected chi connectivity index (χ3v) is 2.87. The van der Waals surface area contributed by atoms with Crippen molar-refractivity contribution in [3.05, 3.63) is 42.5 Å². The molecule has 0 fully saturated rings. The molecule has 1 aromatic carbocycles. The van der Waals surface area contributed by atoms with E-state index in [9.17, 15) is 14.7 Å². The van der Waals surface area contributed by atoms with E-state index in [1.165, 1.54) is 24.5 Å². The van der Waals surface area contributed by atoms with Gasteiger partial charge in [0.05, 0.1) is 12.7 Å². The maximum absolute atomic E-state index is 12.0. The largest absolute Gasteiger partial charge is 0.493 e. The normalized spacial score (nSPS) is 12.9. The van der Waals surface area contributed by atoms with Crippen LogP contribution in [0.3, 0.4) is 0 Å². The molecule has 2 amide bonds. The van der Waals surface area contributed by atoms with Gasteiger partial charge in [0.1, 0.15) is 11.8 Å². The van der Waals surface area contributed by atoms with Gasteiger partial charge in [0, 0.05) is 5.56 Å². The Kier molecular flexibility index (Phi) is 7.07. The minimum Gasteiger partial charge on any atom is -0.493 e. The highest BCUT2D eigenvalue weighted by Gasteiger charge is 2.25. The number of carbonyl (C=O) groups is 2. The molecule has 2 atom stereocenters. The van der Waals surface area contributed by atoms with E-state index in [4.69, 9.17) is 9.94 Å². The molecule has 0 saturated heterocycles. The summed E-state index contributed by atoms with van der Waals surface area (Å²) in [6.07, 6.45) is 1.30. The molecule has 0 aliphatic rings. The summed E-state index contributed by atoms with van der Waals surface area (Å²) in [5, 5.41) is 20.4. The van der Waals surface area contributed by atoms with Crippen LogP contribution in [0.15, 0.2) is 36.9 Å². The van der Waals surface area contributed by atoms with Gasteiger partial charge in [-0.3, -0.25) is 14.8 Å². The van der Waals surface area contributed by atoms with Gasteiger partial charge < -0.3 is 15.2 Å². The van der Waals surface area contributed by atoms with Gasteiger partial charge in [-0.2, -0.15) is 0 Å². The number of rotatable bonds is 8. The highest BCUT2D eigenvalue weighted by molar-refractivity contribution is 5.97. The Morgan fingerprint density at radius 1 is 1.36 bits per heavy atom. The molecule has 0 radical (unpaired) electrons. The number of carbonyl (C=O) groups excluding carboxylic acids is 2. The van der Waals surface area contributed by atoms with Gasteiger partial charge in [-0.1, -0.05) is 6.08 Å². The Hall–Kier alpha value is -2.38. The second-order valence-corrected chi connectivity index (χ2v) is 4.62. The van der Waals surface area contributed by atoms with E-state index in [2.05, 4.69) is 11.9 Å². The molecule has 1 rings (SSSR count). The van der Waals surface area contributed by atoms with Crippen LogP contribution >= 0.6 is 0 Å². The molecule has 0 heterocycles. The Morgan fingerprint density at radius 3 is 2.50 bits per heavy atom. The lowest BCUT2D eigenvalue weighted by Gasteiger charge is -2.19. The molecule has 7 nitrogen and oxygen atoms in total. The molecule has 0 aliphatic carbocycles. The molecule has 120 valence electrons. The third-order valence-electron chi connectivity index (χ3n) is 2.87. The van der Waals surface area contributed by atoms with Crippen LogP contribution in [-0.4, -0.2) is 40.9 Å². The quantitative estimate of drug-likeness (QED) is 0.244. The van der Waals surface area contributed by atoms with Crippen LogP contribution in [0.25, 0.3) is 0 Å². The van der Waals surface area contributed by atoms with Gasteiger partial charge in [0.25, 0.3) is 11.8 Å². The SMILES string of the molecule is C=CCCOc1ccc(C(=O)NC(C(=O)NO)C(C)O)cc1. The van der Waals surface area contributed by atoms with Crippen molar-refractivity contribution in [1.82, 2.24) is 10.8 Å². The fourth-order valence-electron chi connectivity index (χ4n) is 1.66. The van der Waals surface area contributed by atoms with Crippen LogP contribution in [-0.2, 0) is 4.79 Å². The van der Waals surface area contributed by atoms with E-state index in [0.29, 0.717) is 24.3 Å². The zero-order chi connectivity index (χ0) is 16.5. The second-order valence-electron chi connectivity index (χ2n) is 4.62. The average molecular weight is 308 g/mol. The zero-order valence-corrected chi connectivity index (χ0v) is 12.3. The Bertz CT molecular complexity index is 513. The van der Waals surface area contributed by atoms with Crippen LogP contribution < -0.4 is 15.5 Å². The lowest BCUT2D eigenvalue weighted by Crippen LogP contribution is -2.51. The fourth-order valence-corrected chi connectivity index (χ4v) is 1.66. The smallest absolute Gasteiger partial charge is 0.268 e. The summed E-state index contributed by atoms with van der Waals surface area (Å²) >= 11 is 0. The predicted octanol–water partition coefficient (Wildman–Crippen LogP) is 0.626. The topological polar surface area (TPSA) is 108 Å². The molecule has 0 spiro atoms. The van der Waals surface area contributed by atoms with Crippen LogP contribution in [0, 0.1) is 0 Å². The van der Waals surface area contributed by atoms with Crippen molar-refractivity contribution in [2.24, 2.45) is 0 Å². The standard InChI is InChI=1S/C15H20N2O5/c1-3-4-9-22-12-7-5-11(6-8-12)14(19)16-13(10(2)18)15(20)17-21/h3,5-8,10,13,18,21H,1,4,9H2,2H3,(H,16,19)(H,17,20). The molecule has 1 aromatic rings. The number of amides is 2. The fraction of sp³-hybridized carbons (Fsp3) is 0.333. The Morgan fingerprint density at radius 2 is 2.00 bits per heavy atom. The number of nitrogens with one attached hydrogen (secondary N) is 2. The van der Waals surface area contributed by atoms with Crippen LogP contribution in [0.2, 0.25) is 0 Å². The predicted molar refractivity (Wildman–Crippen MR) is 79.6 cm³/mol. The summed E-state index contributed by atoms with van der Waals surface area (Å²) in [4.78, 5) is 23.4. The van der Waals surface area contributed by atoms with E-state index >= 15 is 0 Å². The first kappa shape index (κ1) is 17.7. The van der Waals surface area contributed by atoms with E-state index in [0.717, 1.165) is 0 Å². The maximum atomic E-state index is 12.0. The molecular formula is C15H20N2O5. The first-order chi connectivity index (χ1) is 10.5. The van der Waals surface area contributed by atoms with Gasteiger partial charge in [0.15, 0.2) is 0 Å². The molecule has 0 bridgehead atoms. The monoisotopic (exact) mass is 308 g/mol. The van der Waals surface area contributed by atoms with Gasteiger partial charge >= 0.3 is 0 Å². The number of hydroxylamine groups is 1. The number of benzene rings is 1. The summed E-state index contributed by atoms with van der Waals surface area (Å²) in [6.45, 7) is 5.41. The van der Waals surface area contributed by atoms with Gasteiger partial charge in [-0.15, -0.1) is 6.58 Å². The van der Waals surface area contributed by atoms with E-state index in [1.54, 1.807) is 18.2 Å². The summed E-state index contributed by atoms with van der Waals surface area (Å²) in [5.74, 6) is -0.835. The van der Waals surface area contributed by atoms with Crippen molar-refractivity contribution in [3.63, 3.8) is 0 Å². The van der Waals surface area contributed by atoms with Crippen LogP contribution in [0.4, 0.5) is 0 Å². The van der Waals surface area contributed by atoms with Crippen molar-refractivity contribution < 1.29 is 24.6 Å². The molecule has 0 aromatic heterocycles. The highest BCUT2D eigenvalue weighted by Crippen LogP contribution is 2.13.